The Morgan fingerprint density at radius 2 is 1.76 bits per heavy atom. The van der Waals surface area contributed by atoms with Gasteiger partial charge in [0.1, 0.15) is 0 Å². The van der Waals surface area contributed by atoms with Gasteiger partial charge in [-0.15, -0.1) is 0 Å². The van der Waals surface area contributed by atoms with Crippen LogP contribution in [0.5, 0.6) is 0 Å². The fourth-order valence-electron chi connectivity index (χ4n) is 2.08. The van der Waals surface area contributed by atoms with E-state index in [1.807, 2.05) is 12.1 Å². The summed E-state index contributed by atoms with van der Waals surface area (Å²) in [6.07, 6.45) is 0. The molecule has 0 heterocycles. The van der Waals surface area contributed by atoms with Crippen LogP contribution in [0.2, 0.25) is 0 Å². The summed E-state index contributed by atoms with van der Waals surface area (Å²) in [6, 6.07) is 15.0. The van der Waals surface area contributed by atoms with Gasteiger partial charge in [-0.05, 0) is 22.4 Å². The lowest BCUT2D eigenvalue weighted by molar-refractivity contribution is 0.237. The molecule has 1 unspecified atom stereocenters. The van der Waals surface area contributed by atoms with Crippen molar-refractivity contribution >= 4 is 10.8 Å². The summed E-state index contributed by atoms with van der Waals surface area (Å²) < 4.78 is 0. The molecule has 0 fully saturated rings. The van der Waals surface area contributed by atoms with E-state index < -0.39 is 0 Å². The van der Waals surface area contributed by atoms with Gasteiger partial charge in [-0.3, -0.25) is 0 Å². The van der Waals surface area contributed by atoms with Crippen molar-refractivity contribution in [1.82, 2.24) is 5.32 Å². The smallest absolute Gasteiger partial charge is 0.0626 e. The molecule has 0 radical (unpaired) electrons. The minimum absolute atomic E-state index is 0.0135. The maximum absolute atomic E-state index is 9.44. The molecule has 0 bridgehead atoms. The molecule has 2 rings (SSSR count). The second-order valence-electron chi connectivity index (χ2n) is 4.66. The molecule has 90 valence electrons. The van der Waals surface area contributed by atoms with Gasteiger partial charge in [0.15, 0.2) is 0 Å². The number of aliphatic hydroxyl groups is 1. The highest BCUT2D eigenvalue weighted by Crippen LogP contribution is 2.20. The van der Waals surface area contributed by atoms with Crippen molar-refractivity contribution in [1.29, 1.82) is 0 Å². The van der Waals surface area contributed by atoms with E-state index in [0.717, 1.165) is 5.56 Å². The van der Waals surface area contributed by atoms with Gasteiger partial charge in [0.25, 0.3) is 0 Å². The number of aliphatic hydroxyl groups excluding tert-OH is 1. The molecule has 2 nitrogen and oxygen atoms in total. The van der Waals surface area contributed by atoms with E-state index in [1.165, 1.54) is 10.8 Å². The van der Waals surface area contributed by atoms with Gasteiger partial charge in [-0.2, -0.15) is 0 Å². The lowest BCUT2D eigenvalue weighted by Crippen LogP contribution is -2.30. The van der Waals surface area contributed by atoms with Crippen molar-refractivity contribution in [3.05, 3.63) is 48.0 Å². The van der Waals surface area contributed by atoms with Crippen molar-refractivity contribution in [2.45, 2.75) is 25.9 Å². The molecule has 17 heavy (non-hydrogen) atoms. The summed E-state index contributed by atoms with van der Waals surface area (Å²) in [5.74, 6) is 0. The Kier molecular flexibility index (Phi) is 3.77. The first-order valence-corrected chi connectivity index (χ1v) is 6.06. The minimum Gasteiger partial charge on any atom is -0.394 e. The quantitative estimate of drug-likeness (QED) is 0.845. The van der Waals surface area contributed by atoms with E-state index in [0.29, 0.717) is 6.04 Å². The van der Waals surface area contributed by atoms with Crippen LogP contribution in [-0.4, -0.2) is 17.8 Å². The zero-order chi connectivity index (χ0) is 12.3. The Labute approximate surface area is 102 Å². The SMILES string of the molecule is CC(C)NC(CO)c1ccc2ccccc2c1. The highest BCUT2D eigenvalue weighted by molar-refractivity contribution is 5.83. The topological polar surface area (TPSA) is 32.3 Å². The first-order chi connectivity index (χ1) is 8.20. The van der Waals surface area contributed by atoms with Crippen LogP contribution in [-0.2, 0) is 0 Å². The van der Waals surface area contributed by atoms with Crippen LogP contribution < -0.4 is 5.32 Å². The molecule has 2 heteroatoms. The molecule has 0 aliphatic heterocycles. The average Bonchev–Trinajstić information content (AvgIpc) is 2.35. The summed E-state index contributed by atoms with van der Waals surface area (Å²) in [5, 5.41) is 15.2. The fourth-order valence-corrected chi connectivity index (χ4v) is 2.08. The van der Waals surface area contributed by atoms with E-state index in [-0.39, 0.29) is 12.6 Å². The van der Waals surface area contributed by atoms with Gasteiger partial charge in [-0.25, -0.2) is 0 Å². The zero-order valence-corrected chi connectivity index (χ0v) is 10.4. The first-order valence-electron chi connectivity index (χ1n) is 6.06. The summed E-state index contributed by atoms with van der Waals surface area (Å²) in [7, 11) is 0. The van der Waals surface area contributed by atoms with Crippen LogP contribution in [0.3, 0.4) is 0 Å². The van der Waals surface area contributed by atoms with E-state index in [9.17, 15) is 5.11 Å². The van der Waals surface area contributed by atoms with Crippen LogP contribution in [0.25, 0.3) is 10.8 Å². The molecule has 0 aliphatic rings. The van der Waals surface area contributed by atoms with Crippen LogP contribution >= 0.6 is 0 Å². The highest BCUT2D eigenvalue weighted by atomic mass is 16.3. The van der Waals surface area contributed by atoms with E-state index >= 15 is 0 Å². The Hall–Kier alpha value is -1.38. The second-order valence-corrected chi connectivity index (χ2v) is 4.66. The molecule has 0 saturated heterocycles. The molecule has 0 saturated carbocycles. The molecule has 0 aliphatic carbocycles. The minimum atomic E-state index is 0.0135. The van der Waals surface area contributed by atoms with Crippen molar-refractivity contribution in [3.8, 4) is 0 Å². The maximum atomic E-state index is 9.44. The van der Waals surface area contributed by atoms with Crippen LogP contribution in [0.15, 0.2) is 42.5 Å². The van der Waals surface area contributed by atoms with E-state index in [1.54, 1.807) is 0 Å². The Bertz CT molecular complexity index is 493. The van der Waals surface area contributed by atoms with Crippen molar-refractivity contribution in [2.24, 2.45) is 0 Å². The Balaban J connectivity index is 2.34. The van der Waals surface area contributed by atoms with E-state index in [2.05, 4.69) is 49.5 Å². The third-order valence-electron chi connectivity index (χ3n) is 2.89. The summed E-state index contributed by atoms with van der Waals surface area (Å²) >= 11 is 0. The molecule has 2 aromatic carbocycles. The molecule has 0 aromatic heterocycles. The number of rotatable bonds is 4. The lowest BCUT2D eigenvalue weighted by atomic mass is 10.0. The van der Waals surface area contributed by atoms with Crippen LogP contribution in [0.1, 0.15) is 25.5 Å². The number of hydrogen-bond donors (Lipinski definition) is 2. The first kappa shape index (κ1) is 12.1. The largest absolute Gasteiger partial charge is 0.394 e. The summed E-state index contributed by atoms with van der Waals surface area (Å²) in [5.41, 5.74) is 1.14. The van der Waals surface area contributed by atoms with Gasteiger partial charge in [0.05, 0.1) is 12.6 Å². The van der Waals surface area contributed by atoms with Gasteiger partial charge >= 0.3 is 0 Å². The standard InChI is InChI=1S/C15H19NO/c1-11(2)16-15(10-17)14-8-7-12-5-3-4-6-13(12)9-14/h3-9,11,15-17H,10H2,1-2H3. The van der Waals surface area contributed by atoms with E-state index in [4.69, 9.17) is 0 Å². The Morgan fingerprint density at radius 3 is 2.41 bits per heavy atom. The van der Waals surface area contributed by atoms with Crippen molar-refractivity contribution in [2.75, 3.05) is 6.61 Å². The molecule has 2 N–H and O–H groups in total. The third-order valence-corrected chi connectivity index (χ3v) is 2.89. The predicted molar refractivity (Wildman–Crippen MR) is 72.0 cm³/mol. The normalized spacial score (nSPS) is 13.2. The molecule has 2 aromatic rings. The highest BCUT2D eigenvalue weighted by Gasteiger charge is 2.11. The Morgan fingerprint density at radius 1 is 1.06 bits per heavy atom. The molecular formula is C15H19NO. The number of benzene rings is 2. The zero-order valence-electron chi connectivity index (χ0n) is 10.4. The third kappa shape index (κ3) is 2.84. The van der Waals surface area contributed by atoms with Gasteiger partial charge in [0.2, 0.25) is 0 Å². The van der Waals surface area contributed by atoms with Crippen LogP contribution in [0.4, 0.5) is 0 Å². The average molecular weight is 229 g/mol. The molecule has 1 atom stereocenters. The summed E-state index contributed by atoms with van der Waals surface area (Å²) in [6.45, 7) is 4.30. The van der Waals surface area contributed by atoms with Gasteiger partial charge in [0, 0.05) is 6.04 Å². The van der Waals surface area contributed by atoms with Gasteiger partial charge < -0.3 is 10.4 Å². The number of fused-ring (bicyclic) bond motifs is 1. The monoisotopic (exact) mass is 229 g/mol. The van der Waals surface area contributed by atoms with Crippen LogP contribution in [0, 0.1) is 0 Å². The van der Waals surface area contributed by atoms with Gasteiger partial charge in [-0.1, -0.05) is 50.2 Å². The lowest BCUT2D eigenvalue weighted by Gasteiger charge is -2.19. The second kappa shape index (κ2) is 5.30. The molecule has 0 spiro atoms. The number of nitrogens with one attached hydrogen (secondary N) is 1. The van der Waals surface area contributed by atoms with Crippen molar-refractivity contribution in [3.63, 3.8) is 0 Å². The fraction of sp³-hybridized carbons (Fsp3) is 0.333. The summed E-state index contributed by atoms with van der Waals surface area (Å²) in [4.78, 5) is 0. The molecule has 0 amide bonds. The molecular weight excluding hydrogens is 210 g/mol. The maximum Gasteiger partial charge on any atom is 0.0626 e. The number of hydrogen-bond acceptors (Lipinski definition) is 2. The van der Waals surface area contributed by atoms with Crippen molar-refractivity contribution < 1.29 is 5.11 Å². The predicted octanol–water partition coefficient (Wildman–Crippen LogP) is 2.87.